The average molecular weight is 290 g/mol. The smallest absolute Gasteiger partial charge is 0.317 e. The standard InChI is InChI=1S/C16H26N4O/c1-2-3-4-6-10-18-16(21)20-13-11-19(12-14-20)15-8-5-7-9-17-15/h5,7-9H,2-4,6,10-14H2,1H3,(H,18,21). The Bertz CT molecular complexity index is 416. The number of rotatable bonds is 6. The summed E-state index contributed by atoms with van der Waals surface area (Å²) < 4.78 is 0. The number of amides is 2. The van der Waals surface area contributed by atoms with Gasteiger partial charge in [0.25, 0.3) is 0 Å². The van der Waals surface area contributed by atoms with Gasteiger partial charge in [-0.25, -0.2) is 9.78 Å². The summed E-state index contributed by atoms with van der Waals surface area (Å²) in [5.74, 6) is 0.997. The van der Waals surface area contributed by atoms with Crippen molar-refractivity contribution in [2.24, 2.45) is 0 Å². The molecule has 2 amide bonds. The molecule has 0 bridgehead atoms. The first-order valence-corrected chi connectivity index (χ1v) is 8.00. The molecule has 0 atom stereocenters. The molecule has 0 saturated carbocycles. The largest absolute Gasteiger partial charge is 0.353 e. The van der Waals surface area contributed by atoms with Crippen molar-refractivity contribution in [3.63, 3.8) is 0 Å². The first-order chi connectivity index (χ1) is 10.3. The van der Waals surface area contributed by atoms with Gasteiger partial charge in [0.15, 0.2) is 0 Å². The third-order valence-corrected chi connectivity index (χ3v) is 3.85. The van der Waals surface area contributed by atoms with Crippen molar-refractivity contribution < 1.29 is 4.79 Å². The molecule has 5 heteroatoms. The number of hydrogen-bond donors (Lipinski definition) is 1. The van der Waals surface area contributed by atoms with E-state index in [0.29, 0.717) is 0 Å². The minimum atomic E-state index is 0.0761. The van der Waals surface area contributed by atoms with Gasteiger partial charge in [0, 0.05) is 38.9 Å². The summed E-state index contributed by atoms with van der Waals surface area (Å²) in [4.78, 5) is 20.5. The highest BCUT2D eigenvalue weighted by atomic mass is 16.2. The van der Waals surface area contributed by atoms with Crippen molar-refractivity contribution in [2.75, 3.05) is 37.6 Å². The molecule has 1 aromatic heterocycles. The predicted molar refractivity (Wildman–Crippen MR) is 85.6 cm³/mol. The molecule has 2 rings (SSSR count). The Labute approximate surface area is 127 Å². The third kappa shape index (κ3) is 4.92. The van der Waals surface area contributed by atoms with E-state index in [-0.39, 0.29) is 6.03 Å². The molecule has 0 unspecified atom stereocenters. The van der Waals surface area contributed by atoms with Crippen LogP contribution in [0, 0.1) is 0 Å². The highest BCUT2D eigenvalue weighted by Gasteiger charge is 2.21. The fraction of sp³-hybridized carbons (Fsp3) is 0.625. The van der Waals surface area contributed by atoms with Crippen LogP contribution in [0.25, 0.3) is 0 Å². The van der Waals surface area contributed by atoms with Gasteiger partial charge in [-0.2, -0.15) is 0 Å². The van der Waals surface area contributed by atoms with E-state index in [1.807, 2.05) is 29.3 Å². The number of unbranched alkanes of at least 4 members (excludes halogenated alkanes) is 3. The van der Waals surface area contributed by atoms with Gasteiger partial charge in [-0.1, -0.05) is 32.3 Å². The Kier molecular flexibility index (Phi) is 6.31. The molecule has 0 aromatic carbocycles. The second kappa shape index (κ2) is 8.49. The molecule has 1 aliphatic heterocycles. The van der Waals surface area contributed by atoms with E-state index in [4.69, 9.17) is 0 Å². The van der Waals surface area contributed by atoms with Gasteiger partial charge in [-0.3, -0.25) is 0 Å². The van der Waals surface area contributed by atoms with Crippen molar-refractivity contribution >= 4 is 11.8 Å². The first kappa shape index (κ1) is 15.6. The number of carbonyl (C=O) groups is 1. The van der Waals surface area contributed by atoms with Crippen LogP contribution in [0.1, 0.15) is 32.6 Å². The van der Waals surface area contributed by atoms with Gasteiger partial charge >= 0.3 is 6.03 Å². The topological polar surface area (TPSA) is 48.5 Å². The molecule has 0 radical (unpaired) electrons. The predicted octanol–water partition coefficient (Wildman–Crippen LogP) is 2.49. The summed E-state index contributed by atoms with van der Waals surface area (Å²) in [7, 11) is 0. The summed E-state index contributed by atoms with van der Waals surface area (Å²) in [6.45, 7) is 6.20. The first-order valence-electron chi connectivity index (χ1n) is 8.00. The Balaban J connectivity index is 1.67. The van der Waals surface area contributed by atoms with Gasteiger partial charge in [0.05, 0.1) is 0 Å². The maximum atomic E-state index is 12.1. The molecule has 5 nitrogen and oxygen atoms in total. The minimum absolute atomic E-state index is 0.0761. The molecule has 21 heavy (non-hydrogen) atoms. The SMILES string of the molecule is CCCCCCNC(=O)N1CCN(c2ccccn2)CC1. The maximum Gasteiger partial charge on any atom is 0.317 e. The number of nitrogens with one attached hydrogen (secondary N) is 1. The molecule has 1 aliphatic rings. The molecule has 1 aromatic rings. The number of urea groups is 1. The number of aromatic nitrogens is 1. The monoisotopic (exact) mass is 290 g/mol. The molecule has 0 aliphatic carbocycles. The molecule has 1 fully saturated rings. The van der Waals surface area contributed by atoms with Crippen LogP contribution in [0.5, 0.6) is 0 Å². The normalized spacial score (nSPS) is 15.1. The van der Waals surface area contributed by atoms with E-state index < -0.39 is 0 Å². The minimum Gasteiger partial charge on any atom is -0.353 e. The molecule has 1 N–H and O–H groups in total. The second-order valence-corrected chi connectivity index (χ2v) is 5.45. The van der Waals surface area contributed by atoms with Crippen LogP contribution < -0.4 is 10.2 Å². The lowest BCUT2D eigenvalue weighted by molar-refractivity contribution is 0.194. The molecule has 116 valence electrons. The number of piperazine rings is 1. The number of hydrogen-bond acceptors (Lipinski definition) is 3. The van der Waals surface area contributed by atoms with Crippen LogP contribution in [-0.2, 0) is 0 Å². The number of carbonyl (C=O) groups excluding carboxylic acids is 1. The van der Waals surface area contributed by atoms with Crippen LogP contribution in [-0.4, -0.2) is 48.6 Å². The van der Waals surface area contributed by atoms with E-state index >= 15 is 0 Å². The lowest BCUT2D eigenvalue weighted by Gasteiger charge is -2.35. The quantitative estimate of drug-likeness (QED) is 0.819. The zero-order valence-corrected chi connectivity index (χ0v) is 12.9. The fourth-order valence-corrected chi connectivity index (χ4v) is 2.54. The van der Waals surface area contributed by atoms with E-state index in [2.05, 4.69) is 22.1 Å². The third-order valence-electron chi connectivity index (χ3n) is 3.85. The maximum absolute atomic E-state index is 12.1. The lowest BCUT2D eigenvalue weighted by Crippen LogP contribution is -2.52. The highest BCUT2D eigenvalue weighted by Crippen LogP contribution is 2.12. The fourth-order valence-electron chi connectivity index (χ4n) is 2.54. The van der Waals surface area contributed by atoms with E-state index in [1.165, 1.54) is 19.3 Å². The Hall–Kier alpha value is -1.78. The van der Waals surface area contributed by atoms with Crippen molar-refractivity contribution in [3.05, 3.63) is 24.4 Å². The zero-order valence-electron chi connectivity index (χ0n) is 12.9. The van der Waals surface area contributed by atoms with Crippen molar-refractivity contribution in [3.8, 4) is 0 Å². The molecular weight excluding hydrogens is 264 g/mol. The number of nitrogens with zero attached hydrogens (tertiary/aromatic N) is 3. The van der Waals surface area contributed by atoms with Gasteiger partial charge < -0.3 is 15.1 Å². The summed E-state index contributed by atoms with van der Waals surface area (Å²) in [5.41, 5.74) is 0. The average Bonchev–Trinajstić information content (AvgIpc) is 2.55. The number of anilines is 1. The van der Waals surface area contributed by atoms with Gasteiger partial charge in [-0.15, -0.1) is 0 Å². The van der Waals surface area contributed by atoms with Crippen LogP contribution in [0.4, 0.5) is 10.6 Å². The van der Waals surface area contributed by atoms with Crippen LogP contribution >= 0.6 is 0 Å². The summed E-state index contributed by atoms with van der Waals surface area (Å²) in [5, 5.41) is 3.02. The molecule has 2 heterocycles. The molecular formula is C16H26N4O. The lowest BCUT2D eigenvalue weighted by atomic mass is 10.2. The Morgan fingerprint density at radius 1 is 1.19 bits per heavy atom. The zero-order chi connectivity index (χ0) is 14.9. The van der Waals surface area contributed by atoms with Crippen molar-refractivity contribution in [1.29, 1.82) is 0 Å². The molecule has 0 spiro atoms. The number of pyridine rings is 1. The van der Waals surface area contributed by atoms with Crippen LogP contribution in [0.15, 0.2) is 24.4 Å². The van der Waals surface area contributed by atoms with Crippen molar-refractivity contribution in [2.45, 2.75) is 32.6 Å². The highest BCUT2D eigenvalue weighted by molar-refractivity contribution is 5.74. The Morgan fingerprint density at radius 2 is 2.00 bits per heavy atom. The van der Waals surface area contributed by atoms with Gasteiger partial charge in [0.1, 0.15) is 5.82 Å². The van der Waals surface area contributed by atoms with Crippen LogP contribution in [0.2, 0.25) is 0 Å². The summed E-state index contributed by atoms with van der Waals surface area (Å²) in [6, 6.07) is 6.01. The Morgan fingerprint density at radius 3 is 2.67 bits per heavy atom. The van der Waals surface area contributed by atoms with Crippen LogP contribution in [0.3, 0.4) is 0 Å². The van der Waals surface area contributed by atoms with Gasteiger partial charge in [0.2, 0.25) is 0 Å². The van der Waals surface area contributed by atoms with E-state index in [9.17, 15) is 4.79 Å². The van der Waals surface area contributed by atoms with E-state index in [0.717, 1.165) is 45.0 Å². The van der Waals surface area contributed by atoms with E-state index in [1.54, 1.807) is 0 Å². The molecule has 1 saturated heterocycles. The second-order valence-electron chi connectivity index (χ2n) is 5.45. The summed E-state index contributed by atoms with van der Waals surface area (Å²) >= 11 is 0. The van der Waals surface area contributed by atoms with Gasteiger partial charge in [-0.05, 0) is 18.6 Å². The summed E-state index contributed by atoms with van der Waals surface area (Å²) in [6.07, 6.45) is 6.56. The van der Waals surface area contributed by atoms with Crippen molar-refractivity contribution in [1.82, 2.24) is 15.2 Å².